The van der Waals surface area contributed by atoms with Gasteiger partial charge in [0.05, 0.1) is 7.11 Å². The number of rotatable bonds is 2. The first kappa shape index (κ1) is 10.3. The van der Waals surface area contributed by atoms with Crippen LogP contribution >= 0.6 is 0 Å². The van der Waals surface area contributed by atoms with Gasteiger partial charge in [0, 0.05) is 5.39 Å². The van der Waals surface area contributed by atoms with E-state index in [4.69, 9.17) is 9.26 Å². The van der Waals surface area contributed by atoms with Crippen molar-refractivity contribution in [3.05, 3.63) is 30.0 Å². The molecule has 0 N–H and O–H groups in total. The molecule has 1 aliphatic rings. The van der Waals surface area contributed by atoms with Crippen LogP contribution in [0.5, 0.6) is 0 Å². The summed E-state index contributed by atoms with van der Waals surface area (Å²) < 4.78 is 10.2. The molecule has 1 aromatic heterocycles. The molecule has 0 atom stereocenters. The number of benzene rings is 1. The smallest absolute Gasteiger partial charge is 0.318 e. The molecule has 1 saturated carbocycles. The third kappa shape index (κ3) is 1.30. The molecule has 0 saturated heterocycles. The van der Waals surface area contributed by atoms with Crippen molar-refractivity contribution in [2.75, 3.05) is 7.11 Å². The molecule has 2 aromatic rings. The van der Waals surface area contributed by atoms with E-state index in [1.54, 1.807) is 0 Å². The lowest BCUT2D eigenvalue weighted by atomic mass is 9.66. The topological polar surface area (TPSA) is 52.3 Å². The van der Waals surface area contributed by atoms with Crippen LogP contribution in [0.2, 0.25) is 0 Å². The number of para-hydroxylation sites is 1. The summed E-state index contributed by atoms with van der Waals surface area (Å²) in [5.41, 5.74) is 0.866. The average Bonchev–Trinajstić information content (AvgIpc) is 2.72. The van der Waals surface area contributed by atoms with Gasteiger partial charge in [-0.3, -0.25) is 4.79 Å². The normalized spacial score (nSPS) is 17.7. The van der Waals surface area contributed by atoms with E-state index in [2.05, 4.69) is 5.16 Å². The molecule has 3 rings (SSSR count). The molecule has 0 aliphatic heterocycles. The van der Waals surface area contributed by atoms with Gasteiger partial charge in [0.1, 0.15) is 11.1 Å². The van der Waals surface area contributed by atoms with Crippen LogP contribution in [0.25, 0.3) is 11.0 Å². The lowest BCUT2D eigenvalue weighted by Gasteiger charge is -2.37. The Bertz CT molecular complexity index is 569. The highest BCUT2D eigenvalue weighted by Gasteiger charge is 2.50. The molecule has 1 aliphatic carbocycles. The zero-order valence-electron chi connectivity index (χ0n) is 9.60. The van der Waals surface area contributed by atoms with Crippen LogP contribution in [0, 0.1) is 0 Å². The van der Waals surface area contributed by atoms with E-state index in [1.807, 2.05) is 24.3 Å². The second-order valence-electron chi connectivity index (χ2n) is 4.45. The Hall–Kier alpha value is -1.84. The first-order valence-electron chi connectivity index (χ1n) is 5.71. The van der Waals surface area contributed by atoms with E-state index in [1.165, 1.54) is 7.11 Å². The zero-order chi connectivity index (χ0) is 11.9. The first-order chi connectivity index (χ1) is 8.28. The van der Waals surface area contributed by atoms with Gasteiger partial charge in [0.2, 0.25) is 0 Å². The van der Waals surface area contributed by atoms with Crippen LogP contribution in [0.3, 0.4) is 0 Å². The number of ether oxygens (including phenoxy) is 1. The standard InChI is InChI=1S/C13H13NO3/c1-16-12(15)13(7-4-8-13)11-9-5-2-3-6-10(9)17-14-11/h2-3,5-6H,4,7-8H2,1H3. The highest BCUT2D eigenvalue weighted by molar-refractivity contribution is 5.91. The number of carbonyl (C=O) groups is 1. The van der Waals surface area contributed by atoms with E-state index < -0.39 is 5.41 Å². The molecule has 1 heterocycles. The minimum Gasteiger partial charge on any atom is -0.468 e. The Kier molecular flexibility index (Phi) is 2.18. The molecule has 0 bridgehead atoms. The third-order valence-electron chi connectivity index (χ3n) is 3.61. The molecule has 4 nitrogen and oxygen atoms in total. The van der Waals surface area contributed by atoms with Crippen molar-refractivity contribution in [1.29, 1.82) is 0 Å². The molecule has 1 aromatic carbocycles. The van der Waals surface area contributed by atoms with Crippen LogP contribution in [0.4, 0.5) is 0 Å². The van der Waals surface area contributed by atoms with E-state index >= 15 is 0 Å². The summed E-state index contributed by atoms with van der Waals surface area (Å²) in [6.45, 7) is 0. The maximum atomic E-state index is 12.0. The van der Waals surface area contributed by atoms with Crippen molar-refractivity contribution in [1.82, 2.24) is 5.16 Å². The lowest BCUT2D eigenvalue weighted by molar-refractivity contribution is -0.151. The second kappa shape index (κ2) is 3.58. The monoisotopic (exact) mass is 231 g/mol. The van der Waals surface area contributed by atoms with Crippen LogP contribution in [-0.4, -0.2) is 18.2 Å². The molecular weight excluding hydrogens is 218 g/mol. The van der Waals surface area contributed by atoms with Gasteiger partial charge in [-0.1, -0.05) is 23.7 Å². The molecule has 4 heteroatoms. The van der Waals surface area contributed by atoms with Gasteiger partial charge >= 0.3 is 5.97 Å². The van der Waals surface area contributed by atoms with Crippen LogP contribution < -0.4 is 0 Å². The molecule has 1 fully saturated rings. The second-order valence-corrected chi connectivity index (χ2v) is 4.45. The summed E-state index contributed by atoms with van der Waals surface area (Å²) in [4.78, 5) is 12.0. The van der Waals surface area contributed by atoms with Gasteiger partial charge in [0.25, 0.3) is 0 Å². The number of hydrogen-bond acceptors (Lipinski definition) is 4. The molecule has 0 radical (unpaired) electrons. The maximum Gasteiger partial charge on any atom is 0.318 e. The number of esters is 1. The largest absolute Gasteiger partial charge is 0.468 e. The predicted molar refractivity (Wildman–Crippen MR) is 61.6 cm³/mol. The fourth-order valence-electron chi connectivity index (χ4n) is 2.49. The van der Waals surface area contributed by atoms with Crippen molar-refractivity contribution in [3.63, 3.8) is 0 Å². The van der Waals surface area contributed by atoms with Crippen LogP contribution in [0.1, 0.15) is 25.0 Å². The number of carbonyl (C=O) groups excluding carboxylic acids is 1. The highest BCUT2D eigenvalue weighted by atomic mass is 16.5. The lowest BCUT2D eigenvalue weighted by Crippen LogP contribution is -2.43. The van der Waals surface area contributed by atoms with E-state index in [9.17, 15) is 4.79 Å². The third-order valence-corrected chi connectivity index (χ3v) is 3.61. The minimum atomic E-state index is -0.582. The van der Waals surface area contributed by atoms with Crippen LogP contribution in [-0.2, 0) is 14.9 Å². The van der Waals surface area contributed by atoms with Gasteiger partial charge in [-0.25, -0.2) is 0 Å². The van der Waals surface area contributed by atoms with Crippen molar-refractivity contribution in [2.45, 2.75) is 24.7 Å². The van der Waals surface area contributed by atoms with Gasteiger partial charge < -0.3 is 9.26 Å². The average molecular weight is 231 g/mol. The Morgan fingerprint density at radius 3 is 2.82 bits per heavy atom. The first-order valence-corrected chi connectivity index (χ1v) is 5.71. The molecule has 0 unspecified atom stereocenters. The summed E-state index contributed by atoms with van der Waals surface area (Å²) in [7, 11) is 1.42. The summed E-state index contributed by atoms with van der Waals surface area (Å²) >= 11 is 0. The number of methoxy groups -OCH3 is 1. The predicted octanol–water partition coefficient (Wildman–Crippen LogP) is 2.42. The summed E-state index contributed by atoms with van der Waals surface area (Å²) in [5.74, 6) is -0.206. The maximum absolute atomic E-state index is 12.0. The minimum absolute atomic E-state index is 0.206. The Morgan fingerprint density at radius 1 is 1.41 bits per heavy atom. The van der Waals surface area contributed by atoms with Crippen LogP contribution in [0.15, 0.2) is 28.8 Å². The van der Waals surface area contributed by atoms with Gasteiger partial charge in [-0.15, -0.1) is 0 Å². The fraction of sp³-hybridized carbons (Fsp3) is 0.385. The van der Waals surface area contributed by atoms with Crippen molar-refractivity contribution in [2.24, 2.45) is 0 Å². The van der Waals surface area contributed by atoms with E-state index in [0.717, 1.165) is 35.9 Å². The quantitative estimate of drug-likeness (QED) is 0.745. The summed E-state index contributed by atoms with van der Waals surface area (Å²) in [6.07, 6.45) is 2.60. The summed E-state index contributed by atoms with van der Waals surface area (Å²) in [6, 6.07) is 7.61. The number of nitrogens with zero attached hydrogens (tertiary/aromatic N) is 1. The number of hydrogen-bond donors (Lipinski definition) is 0. The Morgan fingerprint density at radius 2 is 2.18 bits per heavy atom. The SMILES string of the molecule is COC(=O)C1(c2noc3ccccc23)CCC1. The number of fused-ring (bicyclic) bond motifs is 1. The highest BCUT2D eigenvalue weighted by Crippen LogP contribution is 2.46. The van der Waals surface area contributed by atoms with Crippen molar-refractivity contribution >= 4 is 16.9 Å². The molecular formula is C13H13NO3. The van der Waals surface area contributed by atoms with Gasteiger partial charge in [0.15, 0.2) is 5.58 Å². The zero-order valence-corrected chi connectivity index (χ0v) is 9.60. The van der Waals surface area contributed by atoms with Crippen molar-refractivity contribution < 1.29 is 14.1 Å². The Balaban J connectivity index is 2.17. The summed E-state index contributed by atoms with van der Waals surface area (Å²) in [5, 5.41) is 5.00. The van der Waals surface area contributed by atoms with Gasteiger partial charge in [-0.05, 0) is 25.0 Å². The molecule has 88 valence electrons. The molecule has 17 heavy (non-hydrogen) atoms. The number of aromatic nitrogens is 1. The van der Waals surface area contributed by atoms with E-state index in [-0.39, 0.29) is 5.97 Å². The van der Waals surface area contributed by atoms with Crippen molar-refractivity contribution in [3.8, 4) is 0 Å². The Labute approximate surface area is 98.5 Å². The fourth-order valence-corrected chi connectivity index (χ4v) is 2.49. The van der Waals surface area contributed by atoms with Gasteiger partial charge in [-0.2, -0.15) is 0 Å². The molecule has 0 amide bonds. The van der Waals surface area contributed by atoms with E-state index in [0.29, 0.717) is 0 Å². The molecule has 0 spiro atoms.